The molecule has 1 aromatic carbocycles. The number of fused-ring (bicyclic) bond motifs is 1. The Balaban J connectivity index is 1.95. The van der Waals surface area contributed by atoms with Gasteiger partial charge in [-0.15, -0.1) is 0 Å². The molecular formula is C15H17NOS. The lowest BCUT2D eigenvalue weighted by molar-refractivity contribution is 0.0361. The van der Waals surface area contributed by atoms with Crippen LogP contribution >= 0.6 is 11.3 Å². The summed E-state index contributed by atoms with van der Waals surface area (Å²) in [6.07, 6.45) is 1.27. The molecule has 0 spiro atoms. The Morgan fingerprint density at radius 2 is 1.89 bits per heavy atom. The second kappa shape index (κ2) is 4.50. The highest BCUT2D eigenvalue weighted by Gasteiger charge is 2.42. The predicted molar refractivity (Wildman–Crippen MR) is 74.6 cm³/mol. The fourth-order valence-corrected chi connectivity index (χ4v) is 3.64. The van der Waals surface area contributed by atoms with Gasteiger partial charge in [-0.3, -0.25) is 0 Å². The fourth-order valence-electron chi connectivity index (χ4n) is 2.96. The van der Waals surface area contributed by atoms with Crippen LogP contribution in [-0.4, -0.2) is 11.7 Å². The van der Waals surface area contributed by atoms with Crippen LogP contribution in [0.4, 0.5) is 0 Å². The second-order valence-corrected chi connectivity index (χ2v) is 5.93. The van der Waals surface area contributed by atoms with Crippen molar-refractivity contribution in [1.29, 1.82) is 0 Å². The number of rotatable bonds is 3. The molecule has 3 heteroatoms. The van der Waals surface area contributed by atoms with Crippen molar-refractivity contribution < 1.29 is 5.11 Å². The first-order valence-electron chi connectivity index (χ1n) is 6.22. The van der Waals surface area contributed by atoms with E-state index in [-0.39, 0.29) is 5.41 Å². The molecule has 1 unspecified atom stereocenters. The van der Waals surface area contributed by atoms with Crippen molar-refractivity contribution in [2.24, 2.45) is 11.1 Å². The van der Waals surface area contributed by atoms with Crippen LogP contribution in [0.2, 0.25) is 0 Å². The molecule has 3 rings (SSSR count). The molecule has 3 N–H and O–H groups in total. The summed E-state index contributed by atoms with van der Waals surface area (Å²) >= 11 is 1.62. The molecule has 0 bridgehead atoms. The van der Waals surface area contributed by atoms with Gasteiger partial charge in [-0.1, -0.05) is 24.3 Å². The third-order valence-corrected chi connectivity index (χ3v) is 4.75. The van der Waals surface area contributed by atoms with E-state index in [1.807, 2.05) is 16.8 Å². The highest BCUT2D eigenvalue weighted by Crippen LogP contribution is 2.45. The van der Waals surface area contributed by atoms with E-state index in [2.05, 4.69) is 24.3 Å². The molecule has 1 aromatic heterocycles. The van der Waals surface area contributed by atoms with Crippen molar-refractivity contribution >= 4 is 11.3 Å². The van der Waals surface area contributed by atoms with Crippen molar-refractivity contribution in [2.45, 2.75) is 18.9 Å². The maximum absolute atomic E-state index is 10.7. The van der Waals surface area contributed by atoms with E-state index >= 15 is 0 Å². The monoisotopic (exact) mass is 259 g/mol. The van der Waals surface area contributed by atoms with Gasteiger partial charge in [-0.25, -0.2) is 0 Å². The van der Waals surface area contributed by atoms with Gasteiger partial charge in [-0.05, 0) is 46.4 Å². The van der Waals surface area contributed by atoms with E-state index in [0.717, 1.165) is 18.4 Å². The Bertz CT molecular complexity index is 510. The van der Waals surface area contributed by atoms with Crippen molar-refractivity contribution in [1.82, 2.24) is 0 Å². The fraction of sp³-hybridized carbons (Fsp3) is 0.333. The minimum Gasteiger partial charge on any atom is -0.388 e. The van der Waals surface area contributed by atoms with E-state index in [4.69, 9.17) is 5.73 Å². The molecule has 2 aromatic rings. The Morgan fingerprint density at radius 1 is 1.22 bits per heavy atom. The van der Waals surface area contributed by atoms with Gasteiger partial charge >= 0.3 is 0 Å². The number of nitrogens with two attached hydrogens (primary N) is 1. The Morgan fingerprint density at radius 3 is 2.39 bits per heavy atom. The lowest BCUT2D eigenvalue weighted by Gasteiger charge is -2.32. The van der Waals surface area contributed by atoms with Gasteiger partial charge in [0, 0.05) is 12.0 Å². The molecule has 94 valence electrons. The third-order valence-electron chi connectivity index (χ3n) is 4.05. The first-order valence-corrected chi connectivity index (χ1v) is 7.16. The zero-order chi connectivity index (χ0) is 12.6. The molecule has 0 aliphatic heterocycles. The Labute approximate surface area is 111 Å². The van der Waals surface area contributed by atoms with Gasteiger partial charge in [0.15, 0.2) is 0 Å². The normalized spacial score (nSPS) is 18.6. The smallest absolute Gasteiger partial charge is 0.0872 e. The molecule has 0 amide bonds. The topological polar surface area (TPSA) is 46.2 Å². The maximum Gasteiger partial charge on any atom is 0.0872 e. The number of hydrogen-bond donors (Lipinski definition) is 2. The van der Waals surface area contributed by atoms with E-state index in [1.54, 1.807) is 11.3 Å². The van der Waals surface area contributed by atoms with Crippen molar-refractivity contribution in [3.63, 3.8) is 0 Å². The summed E-state index contributed by atoms with van der Waals surface area (Å²) in [5.41, 5.74) is 9.43. The minimum absolute atomic E-state index is 0.231. The van der Waals surface area contributed by atoms with Crippen LogP contribution in [0.15, 0.2) is 41.1 Å². The number of aliphatic hydroxyl groups is 1. The Hall–Kier alpha value is -1.16. The van der Waals surface area contributed by atoms with Crippen LogP contribution in [0.3, 0.4) is 0 Å². The molecule has 2 nitrogen and oxygen atoms in total. The molecule has 1 atom stereocenters. The maximum atomic E-state index is 10.7. The summed E-state index contributed by atoms with van der Waals surface area (Å²) < 4.78 is 0. The quantitative estimate of drug-likeness (QED) is 0.889. The molecule has 0 saturated carbocycles. The average Bonchev–Trinajstić information content (AvgIpc) is 3.05. The summed E-state index contributed by atoms with van der Waals surface area (Å²) in [5.74, 6) is 0. The Kier molecular flexibility index (Phi) is 2.98. The number of thiophene rings is 1. The van der Waals surface area contributed by atoms with Crippen LogP contribution in [0.1, 0.15) is 22.8 Å². The van der Waals surface area contributed by atoms with Crippen LogP contribution in [0.5, 0.6) is 0 Å². The van der Waals surface area contributed by atoms with E-state index in [9.17, 15) is 5.11 Å². The van der Waals surface area contributed by atoms with Gasteiger partial charge in [0.25, 0.3) is 0 Å². The van der Waals surface area contributed by atoms with E-state index in [0.29, 0.717) is 6.54 Å². The summed E-state index contributed by atoms with van der Waals surface area (Å²) in [5, 5.41) is 14.7. The van der Waals surface area contributed by atoms with Crippen molar-refractivity contribution in [3.05, 3.63) is 57.8 Å². The molecule has 0 saturated heterocycles. The average molecular weight is 259 g/mol. The highest BCUT2D eigenvalue weighted by molar-refractivity contribution is 7.07. The zero-order valence-corrected chi connectivity index (χ0v) is 11.0. The van der Waals surface area contributed by atoms with Gasteiger partial charge < -0.3 is 10.8 Å². The first kappa shape index (κ1) is 11.9. The second-order valence-electron chi connectivity index (χ2n) is 5.15. The summed E-state index contributed by atoms with van der Waals surface area (Å²) in [6, 6.07) is 10.4. The molecule has 0 fully saturated rings. The van der Waals surface area contributed by atoms with E-state index in [1.165, 1.54) is 11.1 Å². The summed E-state index contributed by atoms with van der Waals surface area (Å²) in [7, 11) is 0. The lowest BCUT2D eigenvalue weighted by atomic mass is 9.77. The molecule has 1 heterocycles. The molecule has 1 aliphatic carbocycles. The number of aliphatic hydroxyl groups excluding tert-OH is 1. The van der Waals surface area contributed by atoms with Crippen LogP contribution in [0.25, 0.3) is 0 Å². The number of benzene rings is 1. The molecular weight excluding hydrogens is 242 g/mol. The zero-order valence-electron chi connectivity index (χ0n) is 10.2. The SMILES string of the molecule is NCC1(C(O)c2ccsc2)Cc2ccccc2C1. The van der Waals surface area contributed by atoms with Crippen LogP contribution in [0, 0.1) is 5.41 Å². The third kappa shape index (κ3) is 1.79. The first-order chi connectivity index (χ1) is 8.75. The van der Waals surface area contributed by atoms with Gasteiger partial charge in [0.2, 0.25) is 0 Å². The summed E-state index contributed by atoms with van der Waals surface area (Å²) in [6.45, 7) is 0.513. The van der Waals surface area contributed by atoms with Gasteiger partial charge in [-0.2, -0.15) is 11.3 Å². The van der Waals surface area contributed by atoms with Crippen LogP contribution < -0.4 is 5.73 Å². The van der Waals surface area contributed by atoms with Crippen molar-refractivity contribution in [2.75, 3.05) is 6.54 Å². The molecule has 1 aliphatic rings. The van der Waals surface area contributed by atoms with Gasteiger partial charge in [0.1, 0.15) is 0 Å². The highest BCUT2D eigenvalue weighted by atomic mass is 32.1. The molecule has 18 heavy (non-hydrogen) atoms. The van der Waals surface area contributed by atoms with Gasteiger partial charge in [0.05, 0.1) is 6.10 Å². The lowest BCUT2D eigenvalue weighted by Crippen LogP contribution is -2.37. The van der Waals surface area contributed by atoms with E-state index < -0.39 is 6.10 Å². The van der Waals surface area contributed by atoms with Crippen LogP contribution in [-0.2, 0) is 12.8 Å². The number of hydrogen-bond acceptors (Lipinski definition) is 3. The summed E-state index contributed by atoms with van der Waals surface area (Å²) in [4.78, 5) is 0. The minimum atomic E-state index is -0.471. The standard InChI is InChI=1S/C15H17NOS/c16-10-15(14(17)13-5-6-18-9-13)7-11-3-1-2-4-12(11)8-15/h1-6,9,14,17H,7-8,10,16H2. The predicted octanol–water partition coefficient (Wildman–Crippen LogP) is 2.53. The largest absolute Gasteiger partial charge is 0.388 e. The molecule has 0 radical (unpaired) electrons. The van der Waals surface area contributed by atoms with Crippen molar-refractivity contribution in [3.8, 4) is 0 Å².